The second-order valence-electron chi connectivity index (χ2n) is 3.78. The fraction of sp³-hybridized carbons (Fsp3) is 0.417. The van der Waals surface area contributed by atoms with Gasteiger partial charge >= 0.3 is 5.97 Å². The molecule has 0 bridgehead atoms. The van der Waals surface area contributed by atoms with Gasteiger partial charge in [0, 0.05) is 6.61 Å². The molecule has 0 saturated carbocycles. The van der Waals surface area contributed by atoms with Crippen molar-refractivity contribution in [2.45, 2.75) is 18.6 Å². The number of carboxylic acid groups (broad SMARTS) is 1. The van der Waals surface area contributed by atoms with Crippen molar-refractivity contribution in [3.8, 4) is 5.75 Å². The predicted molar refractivity (Wildman–Crippen MR) is 62.6 cm³/mol. The van der Waals surface area contributed by atoms with E-state index < -0.39 is 18.2 Å². The predicted octanol–water partition coefficient (Wildman–Crippen LogP) is 0.170. The number of aromatic carboxylic acids is 1. The zero-order valence-corrected chi connectivity index (χ0v) is 9.91. The largest absolute Gasteiger partial charge is 0.497 e. The highest BCUT2D eigenvalue weighted by Crippen LogP contribution is 2.26. The number of benzene rings is 1. The van der Waals surface area contributed by atoms with E-state index in [0.717, 1.165) is 0 Å². The Morgan fingerprint density at radius 2 is 2.06 bits per heavy atom. The van der Waals surface area contributed by atoms with Crippen LogP contribution in [0.25, 0.3) is 0 Å². The van der Waals surface area contributed by atoms with Crippen LogP contribution in [0.5, 0.6) is 5.75 Å². The van der Waals surface area contributed by atoms with Crippen LogP contribution in [0, 0.1) is 0 Å². The lowest BCUT2D eigenvalue weighted by atomic mass is 9.97. The van der Waals surface area contributed by atoms with Crippen molar-refractivity contribution >= 4 is 5.97 Å². The monoisotopic (exact) mass is 256 g/mol. The van der Waals surface area contributed by atoms with Gasteiger partial charge in [-0.1, -0.05) is 6.07 Å². The SMILES string of the molecule is COc1ccc(C(O)C(O)CCO)c(C(=O)O)c1. The van der Waals surface area contributed by atoms with E-state index in [-0.39, 0.29) is 24.2 Å². The molecule has 0 heterocycles. The van der Waals surface area contributed by atoms with Crippen LogP contribution in [-0.2, 0) is 0 Å². The van der Waals surface area contributed by atoms with Crippen molar-refractivity contribution in [1.82, 2.24) is 0 Å². The van der Waals surface area contributed by atoms with Gasteiger partial charge in [-0.25, -0.2) is 4.79 Å². The molecule has 1 rings (SSSR count). The second kappa shape index (κ2) is 6.34. The molecular formula is C12H16O6. The van der Waals surface area contributed by atoms with Crippen molar-refractivity contribution in [3.05, 3.63) is 29.3 Å². The summed E-state index contributed by atoms with van der Waals surface area (Å²) in [5, 5.41) is 37.2. The van der Waals surface area contributed by atoms with Gasteiger partial charge in [0.15, 0.2) is 0 Å². The summed E-state index contributed by atoms with van der Waals surface area (Å²) < 4.78 is 4.90. The summed E-state index contributed by atoms with van der Waals surface area (Å²) in [5.41, 5.74) is -0.0527. The molecule has 0 aliphatic carbocycles. The van der Waals surface area contributed by atoms with Crippen LogP contribution < -0.4 is 4.74 Å². The number of carboxylic acids is 1. The van der Waals surface area contributed by atoms with E-state index in [4.69, 9.17) is 14.9 Å². The first-order valence-electron chi connectivity index (χ1n) is 5.39. The number of hydrogen-bond donors (Lipinski definition) is 4. The molecule has 0 fully saturated rings. The highest BCUT2D eigenvalue weighted by atomic mass is 16.5. The van der Waals surface area contributed by atoms with Crippen LogP contribution in [0.4, 0.5) is 0 Å². The van der Waals surface area contributed by atoms with Gasteiger partial charge in [0.2, 0.25) is 0 Å². The maximum Gasteiger partial charge on any atom is 0.336 e. The fourth-order valence-corrected chi connectivity index (χ4v) is 1.60. The second-order valence-corrected chi connectivity index (χ2v) is 3.78. The standard InChI is InChI=1S/C12H16O6/c1-18-7-2-3-8(9(6-7)12(16)17)11(15)10(14)4-5-13/h2-3,6,10-11,13-15H,4-5H2,1H3,(H,16,17). The quantitative estimate of drug-likeness (QED) is 0.578. The van der Waals surface area contributed by atoms with Crippen molar-refractivity contribution in [2.75, 3.05) is 13.7 Å². The molecule has 18 heavy (non-hydrogen) atoms. The Labute approximate surface area is 104 Å². The first kappa shape index (κ1) is 14.4. The smallest absolute Gasteiger partial charge is 0.336 e. The summed E-state index contributed by atoms with van der Waals surface area (Å²) in [4.78, 5) is 11.1. The minimum absolute atomic E-state index is 0.0355. The van der Waals surface area contributed by atoms with Gasteiger partial charge in [-0.2, -0.15) is 0 Å². The maximum absolute atomic E-state index is 11.1. The van der Waals surface area contributed by atoms with Crippen LogP contribution in [0.15, 0.2) is 18.2 Å². The first-order valence-corrected chi connectivity index (χ1v) is 5.39. The molecule has 2 unspecified atom stereocenters. The Morgan fingerprint density at radius 1 is 1.39 bits per heavy atom. The molecule has 0 aliphatic heterocycles. The van der Waals surface area contributed by atoms with E-state index in [9.17, 15) is 15.0 Å². The van der Waals surface area contributed by atoms with Gasteiger partial charge in [-0.05, 0) is 24.1 Å². The number of rotatable bonds is 6. The van der Waals surface area contributed by atoms with Crippen molar-refractivity contribution < 1.29 is 30.0 Å². The van der Waals surface area contributed by atoms with E-state index in [0.29, 0.717) is 5.75 Å². The third kappa shape index (κ3) is 3.19. The lowest BCUT2D eigenvalue weighted by Crippen LogP contribution is -2.21. The number of carbonyl (C=O) groups is 1. The summed E-state index contributed by atoms with van der Waals surface area (Å²) in [6.45, 7) is -0.295. The molecule has 1 aromatic rings. The fourth-order valence-electron chi connectivity index (χ4n) is 1.60. The van der Waals surface area contributed by atoms with Crippen LogP contribution in [0.1, 0.15) is 28.4 Å². The Kier molecular flexibility index (Phi) is 5.08. The number of hydrogen-bond acceptors (Lipinski definition) is 5. The zero-order valence-electron chi connectivity index (χ0n) is 9.91. The Bertz CT molecular complexity index is 417. The molecule has 0 saturated heterocycles. The van der Waals surface area contributed by atoms with Crippen LogP contribution in [-0.4, -0.2) is 46.2 Å². The summed E-state index contributed by atoms with van der Waals surface area (Å²) in [6.07, 6.45) is -2.62. The van der Waals surface area contributed by atoms with Crippen molar-refractivity contribution in [2.24, 2.45) is 0 Å². The Morgan fingerprint density at radius 3 is 2.56 bits per heavy atom. The Balaban J connectivity index is 3.10. The molecule has 0 aromatic heterocycles. The van der Waals surface area contributed by atoms with Gasteiger partial charge < -0.3 is 25.2 Å². The number of aliphatic hydroxyl groups is 3. The zero-order chi connectivity index (χ0) is 13.7. The number of aliphatic hydroxyl groups excluding tert-OH is 3. The lowest BCUT2D eigenvalue weighted by Gasteiger charge is -2.19. The van der Waals surface area contributed by atoms with Gasteiger partial charge in [0.1, 0.15) is 11.9 Å². The topological polar surface area (TPSA) is 107 Å². The average Bonchev–Trinajstić information content (AvgIpc) is 2.37. The highest BCUT2D eigenvalue weighted by Gasteiger charge is 2.23. The molecule has 4 N–H and O–H groups in total. The molecule has 1 aromatic carbocycles. The molecule has 0 radical (unpaired) electrons. The summed E-state index contributed by atoms with van der Waals surface area (Å²) >= 11 is 0. The summed E-state index contributed by atoms with van der Waals surface area (Å²) in [7, 11) is 1.40. The van der Waals surface area contributed by atoms with Gasteiger partial charge in [-0.15, -0.1) is 0 Å². The first-order chi connectivity index (χ1) is 8.51. The van der Waals surface area contributed by atoms with Crippen molar-refractivity contribution in [3.63, 3.8) is 0 Å². The third-order valence-electron chi connectivity index (χ3n) is 2.60. The van der Waals surface area contributed by atoms with Crippen LogP contribution in [0.2, 0.25) is 0 Å². The molecule has 6 nitrogen and oxygen atoms in total. The van der Waals surface area contributed by atoms with E-state index in [1.165, 1.54) is 25.3 Å². The third-order valence-corrected chi connectivity index (χ3v) is 2.60. The molecule has 100 valence electrons. The molecule has 0 amide bonds. The minimum Gasteiger partial charge on any atom is -0.497 e. The average molecular weight is 256 g/mol. The van der Waals surface area contributed by atoms with E-state index in [1.807, 2.05) is 0 Å². The summed E-state index contributed by atoms with van der Waals surface area (Å²) in [5.74, 6) is -0.876. The van der Waals surface area contributed by atoms with Crippen molar-refractivity contribution in [1.29, 1.82) is 0 Å². The van der Waals surface area contributed by atoms with E-state index in [2.05, 4.69) is 0 Å². The molecule has 0 aliphatic rings. The van der Waals surface area contributed by atoms with Gasteiger partial charge in [0.05, 0.1) is 18.8 Å². The molecule has 2 atom stereocenters. The molecular weight excluding hydrogens is 240 g/mol. The maximum atomic E-state index is 11.1. The Hall–Kier alpha value is -1.63. The van der Waals surface area contributed by atoms with E-state index >= 15 is 0 Å². The van der Waals surface area contributed by atoms with E-state index in [1.54, 1.807) is 0 Å². The van der Waals surface area contributed by atoms with Gasteiger partial charge in [-0.3, -0.25) is 0 Å². The lowest BCUT2D eigenvalue weighted by molar-refractivity contribution is 0.00348. The summed E-state index contributed by atoms with van der Waals surface area (Å²) in [6, 6.07) is 4.15. The number of methoxy groups -OCH3 is 1. The number of ether oxygens (including phenoxy) is 1. The van der Waals surface area contributed by atoms with Crippen LogP contribution in [0.3, 0.4) is 0 Å². The minimum atomic E-state index is -1.37. The molecule has 6 heteroatoms. The molecule has 0 spiro atoms. The van der Waals surface area contributed by atoms with Crippen LogP contribution >= 0.6 is 0 Å². The normalized spacial score (nSPS) is 14.0. The van der Waals surface area contributed by atoms with Gasteiger partial charge in [0.25, 0.3) is 0 Å². The highest BCUT2D eigenvalue weighted by molar-refractivity contribution is 5.90.